The Morgan fingerprint density at radius 2 is 1.86 bits per heavy atom. The van der Waals surface area contributed by atoms with Crippen LogP contribution in [0.4, 0.5) is 4.39 Å². The molecule has 0 fully saturated rings. The Labute approximate surface area is 85.3 Å². The van der Waals surface area contributed by atoms with Gasteiger partial charge in [-0.1, -0.05) is 26.0 Å². The zero-order valence-corrected chi connectivity index (χ0v) is 8.89. The molecule has 1 rings (SSSR count). The number of benzene rings is 1. The maximum Gasteiger partial charge on any atom is 0.123 e. The van der Waals surface area contributed by atoms with Gasteiger partial charge >= 0.3 is 0 Å². The van der Waals surface area contributed by atoms with Gasteiger partial charge in [-0.2, -0.15) is 0 Å². The van der Waals surface area contributed by atoms with E-state index in [0.29, 0.717) is 5.92 Å². The molecule has 0 bridgehead atoms. The molecule has 1 nitrogen and oxygen atoms in total. The van der Waals surface area contributed by atoms with Crippen LogP contribution in [0.2, 0.25) is 0 Å². The van der Waals surface area contributed by atoms with Crippen molar-refractivity contribution < 1.29 is 4.39 Å². The highest BCUT2D eigenvalue weighted by atomic mass is 19.1. The highest BCUT2D eigenvalue weighted by Gasteiger charge is 1.95. The van der Waals surface area contributed by atoms with Crippen molar-refractivity contribution in [2.75, 3.05) is 13.1 Å². The number of rotatable bonds is 5. The molecule has 0 aliphatic heterocycles. The van der Waals surface area contributed by atoms with Gasteiger partial charge in [-0.15, -0.1) is 0 Å². The molecule has 0 saturated heterocycles. The van der Waals surface area contributed by atoms with Crippen LogP contribution in [0.1, 0.15) is 19.4 Å². The minimum atomic E-state index is -0.163. The second kappa shape index (κ2) is 5.76. The van der Waals surface area contributed by atoms with Crippen molar-refractivity contribution in [3.05, 3.63) is 35.6 Å². The van der Waals surface area contributed by atoms with E-state index in [-0.39, 0.29) is 5.82 Å². The molecule has 0 aliphatic carbocycles. The SMILES string of the molecule is CC(C)CNCCc1ccc(F)cc1. The van der Waals surface area contributed by atoms with Gasteiger partial charge in [0.25, 0.3) is 0 Å². The lowest BCUT2D eigenvalue weighted by atomic mass is 10.1. The zero-order valence-electron chi connectivity index (χ0n) is 8.89. The van der Waals surface area contributed by atoms with Gasteiger partial charge in [-0.3, -0.25) is 0 Å². The fourth-order valence-corrected chi connectivity index (χ4v) is 1.27. The van der Waals surface area contributed by atoms with E-state index in [2.05, 4.69) is 19.2 Å². The fraction of sp³-hybridized carbons (Fsp3) is 0.500. The van der Waals surface area contributed by atoms with Gasteiger partial charge in [0.2, 0.25) is 0 Å². The van der Waals surface area contributed by atoms with Crippen molar-refractivity contribution in [1.82, 2.24) is 5.32 Å². The summed E-state index contributed by atoms with van der Waals surface area (Å²) in [6.07, 6.45) is 0.965. The van der Waals surface area contributed by atoms with E-state index in [4.69, 9.17) is 0 Å². The zero-order chi connectivity index (χ0) is 10.4. The quantitative estimate of drug-likeness (QED) is 0.712. The van der Waals surface area contributed by atoms with Crippen LogP contribution in [0, 0.1) is 11.7 Å². The lowest BCUT2D eigenvalue weighted by Gasteiger charge is -2.06. The Balaban J connectivity index is 2.21. The monoisotopic (exact) mass is 195 g/mol. The van der Waals surface area contributed by atoms with E-state index in [1.807, 2.05) is 12.1 Å². The molecule has 0 saturated carbocycles. The summed E-state index contributed by atoms with van der Waals surface area (Å²) < 4.78 is 12.6. The molecule has 0 spiro atoms. The number of nitrogens with one attached hydrogen (secondary N) is 1. The van der Waals surface area contributed by atoms with Gasteiger partial charge < -0.3 is 5.32 Å². The summed E-state index contributed by atoms with van der Waals surface area (Å²) in [5.41, 5.74) is 1.18. The average molecular weight is 195 g/mol. The Kier molecular flexibility index (Phi) is 4.60. The molecule has 2 heteroatoms. The molecule has 1 aromatic carbocycles. The molecule has 0 atom stereocenters. The van der Waals surface area contributed by atoms with Gasteiger partial charge in [0, 0.05) is 0 Å². The molecule has 0 heterocycles. The average Bonchev–Trinajstić information content (AvgIpc) is 2.15. The highest BCUT2D eigenvalue weighted by Crippen LogP contribution is 2.02. The summed E-state index contributed by atoms with van der Waals surface area (Å²) >= 11 is 0. The third-order valence-corrected chi connectivity index (χ3v) is 2.06. The smallest absolute Gasteiger partial charge is 0.123 e. The van der Waals surface area contributed by atoms with Crippen LogP contribution in [-0.2, 0) is 6.42 Å². The highest BCUT2D eigenvalue weighted by molar-refractivity contribution is 5.16. The third-order valence-electron chi connectivity index (χ3n) is 2.06. The molecular formula is C12H18FN. The van der Waals surface area contributed by atoms with E-state index >= 15 is 0 Å². The standard InChI is InChI=1S/C12H18FN/c1-10(2)9-14-8-7-11-3-5-12(13)6-4-11/h3-6,10,14H,7-9H2,1-2H3. The molecule has 78 valence electrons. The first-order valence-corrected chi connectivity index (χ1v) is 5.13. The molecule has 0 radical (unpaired) electrons. The first-order chi connectivity index (χ1) is 6.68. The summed E-state index contributed by atoms with van der Waals surface area (Å²) in [5, 5.41) is 3.35. The third kappa shape index (κ3) is 4.38. The summed E-state index contributed by atoms with van der Waals surface area (Å²) in [5.74, 6) is 0.520. The molecule has 0 amide bonds. The lowest BCUT2D eigenvalue weighted by molar-refractivity contribution is 0.554. The molecular weight excluding hydrogens is 177 g/mol. The van der Waals surface area contributed by atoms with Crippen LogP contribution in [0.15, 0.2) is 24.3 Å². The lowest BCUT2D eigenvalue weighted by Crippen LogP contribution is -2.22. The van der Waals surface area contributed by atoms with E-state index in [9.17, 15) is 4.39 Å². The Morgan fingerprint density at radius 1 is 1.21 bits per heavy atom. The topological polar surface area (TPSA) is 12.0 Å². The Hall–Kier alpha value is -0.890. The normalized spacial score (nSPS) is 10.9. The molecule has 1 N–H and O–H groups in total. The van der Waals surface area contributed by atoms with Gasteiger partial charge in [-0.25, -0.2) is 4.39 Å². The predicted molar refractivity (Wildman–Crippen MR) is 57.8 cm³/mol. The van der Waals surface area contributed by atoms with Crippen LogP contribution in [0.25, 0.3) is 0 Å². The molecule has 0 unspecified atom stereocenters. The van der Waals surface area contributed by atoms with Crippen LogP contribution in [0.5, 0.6) is 0 Å². The van der Waals surface area contributed by atoms with Crippen molar-refractivity contribution in [3.63, 3.8) is 0 Å². The summed E-state index contributed by atoms with van der Waals surface area (Å²) in [7, 11) is 0. The summed E-state index contributed by atoms with van der Waals surface area (Å²) in [6.45, 7) is 6.38. The fourth-order valence-electron chi connectivity index (χ4n) is 1.27. The van der Waals surface area contributed by atoms with Crippen LogP contribution >= 0.6 is 0 Å². The van der Waals surface area contributed by atoms with E-state index in [1.165, 1.54) is 17.7 Å². The van der Waals surface area contributed by atoms with Crippen molar-refractivity contribution in [2.24, 2.45) is 5.92 Å². The first-order valence-electron chi connectivity index (χ1n) is 5.13. The van der Waals surface area contributed by atoms with E-state index in [1.54, 1.807) is 0 Å². The first kappa shape index (κ1) is 11.2. The molecule has 14 heavy (non-hydrogen) atoms. The van der Waals surface area contributed by atoms with Crippen molar-refractivity contribution in [3.8, 4) is 0 Å². The molecule has 1 aromatic rings. The minimum absolute atomic E-state index is 0.163. The van der Waals surface area contributed by atoms with E-state index in [0.717, 1.165) is 19.5 Å². The van der Waals surface area contributed by atoms with Crippen molar-refractivity contribution in [2.45, 2.75) is 20.3 Å². The van der Waals surface area contributed by atoms with Gasteiger partial charge in [0.05, 0.1) is 0 Å². The maximum absolute atomic E-state index is 12.6. The number of halogens is 1. The minimum Gasteiger partial charge on any atom is -0.316 e. The largest absolute Gasteiger partial charge is 0.316 e. The second-order valence-corrected chi connectivity index (χ2v) is 3.97. The molecule has 0 aromatic heterocycles. The predicted octanol–water partition coefficient (Wildman–Crippen LogP) is 2.61. The summed E-state index contributed by atoms with van der Waals surface area (Å²) in [6, 6.07) is 6.70. The van der Waals surface area contributed by atoms with Gasteiger partial charge in [-0.05, 0) is 43.1 Å². The number of hydrogen-bond acceptors (Lipinski definition) is 1. The second-order valence-electron chi connectivity index (χ2n) is 3.97. The maximum atomic E-state index is 12.6. The van der Waals surface area contributed by atoms with Crippen molar-refractivity contribution in [1.29, 1.82) is 0 Å². The molecule has 0 aliphatic rings. The van der Waals surface area contributed by atoms with Crippen LogP contribution in [-0.4, -0.2) is 13.1 Å². The number of hydrogen-bond donors (Lipinski definition) is 1. The van der Waals surface area contributed by atoms with Gasteiger partial charge in [0.15, 0.2) is 0 Å². The van der Waals surface area contributed by atoms with Gasteiger partial charge in [0.1, 0.15) is 5.82 Å². The Bertz CT molecular complexity index is 254. The Morgan fingerprint density at radius 3 is 2.43 bits per heavy atom. The summed E-state index contributed by atoms with van der Waals surface area (Å²) in [4.78, 5) is 0. The van der Waals surface area contributed by atoms with E-state index < -0.39 is 0 Å². The van der Waals surface area contributed by atoms with Crippen LogP contribution < -0.4 is 5.32 Å². The van der Waals surface area contributed by atoms with Crippen LogP contribution in [0.3, 0.4) is 0 Å². The van der Waals surface area contributed by atoms with Crippen molar-refractivity contribution >= 4 is 0 Å².